The number of hydrogen-bond acceptors (Lipinski definition) is 2. The van der Waals surface area contributed by atoms with Crippen LogP contribution in [0, 0.1) is 17.0 Å². The summed E-state index contributed by atoms with van der Waals surface area (Å²) in [5, 5.41) is 9.38. The second-order valence-electron chi connectivity index (χ2n) is 5.17. The zero-order valence-electron chi connectivity index (χ0n) is 12.3. The molecule has 0 aliphatic heterocycles. The molecular formula is C15H12ClF4NO2S. The van der Waals surface area contributed by atoms with E-state index in [1.165, 1.54) is 24.3 Å². The number of nitro benzene ring substituents is 1. The summed E-state index contributed by atoms with van der Waals surface area (Å²) >= 11 is 5.66. The molecule has 0 fully saturated rings. The normalized spacial score (nSPS) is 15.5. The summed E-state index contributed by atoms with van der Waals surface area (Å²) in [5.41, 5.74) is -0.809. The van der Waals surface area contributed by atoms with Gasteiger partial charge in [-0.1, -0.05) is 41.9 Å². The molecule has 9 heteroatoms. The van der Waals surface area contributed by atoms with Crippen molar-refractivity contribution in [3.63, 3.8) is 0 Å². The predicted molar refractivity (Wildman–Crippen MR) is 88.4 cm³/mol. The molecule has 2 aromatic rings. The zero-order valence-corrected chi connectivity index (χ0v) is 13.8. The lowest BCUT2D eigenvalue weighted by Gasteiger charge is -2.47. The van der Waals surface area contributed by atoms with Crippen LogP contribution in [0.25, 0.3) is 5.03 Å². The summed E-state index contributed by atoms with van der Waals surface area (Å²) in [6, 6.07) is 8.56. The van der Waals surface area contributed by atoms with Crippen LogP contribution < -0.4 is 0 Å². The highest BCUT2D eigenvalue weighted by atomic mass is 35.5. The average Bonchev–Trinajstić information content (AvgIpc) is 2.46. The van der Waals surface area contributed by atoms with Crippen molar-refractivity contribution in [1.29, 1.82) is 0 Å². The second kappa shape index (κ2) is 5.22. The van der Waals surface area contributed by atoms with Crippen LogP contribution in [-0.2, 0) is 0 Å². The molecule has 2 rings (SSSR count). The van der Waals surface area contributed by atoms with E-state index in [1.54, 1.807) is 6.07 Å². The van der Waals surface area contributed by atoms with E-state index in [9.17, 15) is 25.7 Å². The van der Waals surface area contributed by atoms with Gasteiger partial charge in [0, 0.05) is 11.6 Å². The topological polar surface area (TPSA) is 43.1 Å². The molecular weight excluding hydrogens is 370 g/mol. The number of rotatable bonds is 4. The molecule has 0 heterocycles. The molecule has 0 atom stereocenters. The number of nitro groups is 1. The molecule has 3 nitrogen and oxygen atoms in total. The van der Waals surface area contributed by atoms with Crippen molar-refractivity contribution in [2.45, 2.75) is 11.8 Å². The van der Waals surface area contributed by atoms with Crippen molar-refractivity contribution in [1.82, 2.24) is 0 Å². The molecule has 0 aliphatic rings. The minimum absolute atomic E-state index is 0.00778. The minimum atomic E-state index is -8.87. The molecule has 24 heavy (non-hydrogen) atoms. The number of benzene rings is 2. The maximum Gasteiger partial charge on any atom is 0.272 e. The van der Waals surface area contributed by atoms with Crippen molar-refractivity contribution in [3.8, 4) is 0 Å². The Kier molecular flexibility index (Phi) is 3.98. The number of aryl methyl sites for hydroxylation is 1. The van der Waals surface area contributed by atoms with Crippen LogP contribution in [0.1, 0.15) is 11.1 Å². The van der Waals surface area contributed by atoms with Gasteiger partial charge in [0.25, 0.3) is 5.69 Å². The van der Waals surface area contributed by atoms with Gasteiger partial charge in [-0.3, -0.25) is 10.1 Å². The Morgan fingerprint density at radius 1 is 1.12 bits per heavy atom. The lowest BCUT2D eigenvalue weighted by molar-refractivity contribution is -0.385. The third-order valence-electron chi connectivity index (χ3n) is 3.25. The van der Waals surface area contributed by atoms with Gasteiger partial charge >= 0.3 is 0 Å². The predicted octanol–water partition coefficient (Wildman–Crippen LogP) is 6.91. The fourth-order valence-electron chi connectivity index (χ4n) is 2.04. The van der Waals surface area contributed by atoms with E-state index >= 15 is 0 Å². The van der Waals surface area contributed by atoms with Crippen molar-refractivity contribution < 1.29 is 20.5 Å². The van der Waals surface area contributed by atoms with Gasteiger partial charge in [-0.25, -0.2) is 0 Å². The fraction of sp³-hybridized carbons (Fsp3) is 0.0667. The van der Waals surface area contributed by atoms with Gasteiger partial charge in [0.05, 0.1) is 20.3 Å². The summed E-state index contributed by atoms with van der Waals surface area (Å²) in [4.78, 5) is 8.29. The van der Waals surface area contributed by atoms with Gasteiger partial charge < -0.3 is 0 Å². The first-order chi connectivity index (χ1) is 10.8. The van der Waals surface area contributed by atoms with Gasteiger partial charge in [-0.15, -0.1) is 15.5 Å². The summed E-state index contributed by atoms with van der Waals surface area (Å²) in [7, 11) is -8.87. The van der Waals surface area contributed by atoms with Gasteiger partial charge in [0.15, 0.2) is 0 Å². The van der Waals surface area contributed by atoms with Gasteiger partial charge in [-0.05, 0) is 24.6 Å². The third-order valence-corrected chi connectivity index (χ3v) is 5.65. The highest BCUT2D eigenvalue weighted by Gasteiger charge is 2.63. The summed E-state index contributed by atoms with van der Waals surface area (Å²) in [5.74, 6) is 0. The van der Waals surface area contributed by atoms with Crippen molar-refractivity contribution in [3.05, 3.63) is 75.2 Å². The number of halogens is 5. The lowest BCUT2D eigenvalue weighted by atomic mass is 10.2. The molecule has 0 bridgehead atoms. The molecule has 0 saturated heterocycles. The highest BCUT2D eigenvalue weighted by molar-refractivity contribution is 8.52. The molecule has 0 radical (unpaired) electrons. The Morgan fingerprint density at radius 2 is 1.71 bits per heavy atom. The van der Waals surface area contributed by atoms with E-state index in [1.807, 2.05) is 0 Å². The molecule has 0 spiro atoms. The molecule has 0 aliphatic carbocycles. The standard InChI is InChI=1S/C15H12ClF4NO2S/c1-11-9-13(7-8-15(11)21(22)23)24(17,18,19,20)10-14(16)12-5-3-2-4-6-12/h2-10H,1H3/b14-10+. The first-order valence-electron chi connectivity index (χ1n) is 6.52. The van der Waals surface area contributed by atoms with Gasteiger partial charge in [-0.2, -0.15) is 0 Å². The second-order valence-corrected chi connectivity index (χ2v) is 8.55. The zero-order chi connectivity index (χ0) is 18.2. The van der Waals surface area contributed by atoms with Crippen LogP contribution in [0.15, 0.2) is 58.8 Å². The van der Waals surface area contributed by atoms with Crippen molar-refractivity contribution in [2.75, 3.05) is 0 Å². The Labute approximate surface area is 140 Å². The highest BCUT2D eigenvalue weighted by Crippen LogP contribution is 3.02. The quantitative estimate of drug-likeness (QED) is 0.328. The van der Waals surface area contributed by atoms with E-state index in [0.29, 0.717) is 18.2 Å². The Morgan fingerprint density at radius 3 is 2.21 bits per heavy atom. The monoisotopic (exact) mass is 381 g/mol. The van der Waals surface area contributed by atoms with Gasteiger partial charge in [0.2, 0.25) is 9.84 Å². The molecule has 130 valence electrons. The number of nitrogens with zero attached hydrogens (tertiary/aromatic N) is 1. The van der Waals surface area contributed by atoms with Crippen molar-refractivity contribution in [2.24, 2.45) is 0 Å². The Bertz CT molecular complexity index is 850. The molecule has 0 amide bonds. The SMILES string of the molecule is Cc1cc(S(F)(F)(F)(F)/C=C(/Cl)c2ccccc2)ccc1[N+](=O)[O-]. The smallest absolute Gasteiger partial charge is 0.258 e. The molecule has 0 aromatic heterocycles. The summed E-state index contributed by atoms with van der Waals surface area (Å²) in [6.45, 7) is 1.11. The van der Waals surface area contributed by atoms with Crippen LogP contribution in [-0.4, -0.2) is 4.92 Å². The molecule has 0 unspecified atom stereocenters. The van der Waals surface area contributed by atoms with E-state index < -0.39 is 35.8 Å². The maximum absolute atomic E-state index is 14.4. The summed E-state index contributed by atoms with van der Waals surface area (Å²) in [6.07, 6.45) is 0. The molecule has 0 N–H and O–H groups in total. The summed E-state index contributed by atoms with van der Waals surface area (Å²) < 4.78 is 57.7. The first kappa shape index (κ1) is 18.3. The molecule has 2 aromatic carbocycles. The van der Waals surface area contributed by atoms with Crippen LogP contribution >= 0.6 is 21.4 Å². The van der Waals surface area contributed by atoms with Crippen molar-refractivity contribution >= 4 is 32.2 Å². The minimum Gasteiger partial charge on any atom is -0.258 e. The van der Waals surface area contributed by atoms with Crippen LogP contribution in [0.4, 0.5) is 21.2 Å². The first-order valence-corrected chi connectivity index (χ1v) is 9.01. The third kappa shape index (κ3) is 3.70. The van der Waals surface area contributed by atoms with Crippen LogP contribution in [0.5, 0.6) is 0 Å². The fourth-order valence-corrected chi connectivity index (χ4v) is 4.17. The van der Waals surface area contributed by atoms with E-state index in [-0.39, 0.29) is 11.1 Å². The van der Waals surface area contributed by atoms with Crippen LogP contribution in [0.3, 0.4) is 0 Å². The largest absolute Gasteiger partial charge is 0.272 e. The Hall–Kier alpha value is -2.06. The van der Waals surface area contributed by atoms with E-state index in [2.05, 4.69) is 0 Å². The van der Waals surface area contributed by atoms with E-state index in [0.717, 1.165) is 6.92 Å². The lowest BCUT2D eigenvalue weighted by Crippen LogP contribution is -2.11. The number of hydrogen-bond donors (Lipinski definition) is 0. The van der Waals surface area contributed by atoms with Gasteiger partial charge in [0.1, 0.15) is 0 Å². The molecule has 0 saturated carbocycles. The van der Waals surface area contributed by atoms with E-state index in [4.69, 9.17) is 11.6 Å². The maximum atomic E-state index is 14.4. The average molecular weight is 382 g/mol. The Balaban J connectivity index is 2.63. The van der Waals surface area contributed by atoms with Crippen LogP contribution in [0.2, 0.25) is 0 Å².